The van der Waals surface area contributed by atoms with Gasteiger partial charge < -0.3 is 5.32 Å². The first-order valence-electron chi connectivity index (χ1n) is 5.39. The van der Waals surface area contributed by atoms with Crippen molar-refractivity contribution in [2.45, 2.75) is 19.9 Å². The molecule has 1 heterocycles. The number of anilines is 1. The molecule has 0 spiro atoms. The van der Waals surface area contributed by atoms with Crippen molar-refractivity contribution >= 4 is 43.4 Å². The first kappa shape index (κ1) is 11.9. The van der Waals surface area contributed by atoms with E-state index in [0.717, 1.165) is 10.8 Å². The Morgan fingerprint density at radius 2 is 2.12 bits per heavy atom. The van der Waals surface area contributed by atoms with Crippen molar-refractivity contribution in [3.05, 3.63) is 24.3 Å². The monoisotopic (exact) mass is 298 g/mol. The Morgan fingerprint density at radius 3 is 2.88 bits per heavy atom. The molecule has 0 saturated heterocycles. The second kappa shape index (κ2) is 5.15. The SMILES string of the molecule is CC(CBr)C(C)Nc1snc2ccccc12. The van der Waals surface area contributed by atoms with Crippen LogP contribution in [-0.2, 0) is 0 Å². The summed E-state index contributed by atoms with van der Waals surface area (Å²) in [6, 6.07) is 8.70. The Labute approximate surface area is 108 Å². The fourth-order valence-electron chi connectivity index (χ4n) is 1.48. The van der Waals surface area contributed by atoms with Crippen molar-refractivity contribution < 1.29 is 0 Å². The molecule has 2 rings (SSSR count). The molecule has 0 aliphatic carbocycles. The van der Waals surface area contributed by atoms with E-state index < -0.39 is 0 Å². The lowest BCUT2D eigenvalue weighted by Crippen LogP contribution is -2.24. The largest absolute Gasteiger partial charge is 0.372 e. The van der Waals surface area contributed by atoms with Gasteiger partial charge in [0.25, 0.3) is 0 Å². The van der Waals surface area contributed by atoms with E-state index in [1.54, 1.807) is 11.5 Å². The maximum absolute atomic E-state index is 4.42. The summed E-state index contributed by atoms with van der Waals surface area (Å²) >= 11 is 5.06. The zero-order valence-electron chi connectivity index (χ0n) is 9.40. The molecule has 2 aromatic rings. The molecule has 1 aromatic heterocycles. The zero-order chi connectivity index (χ0) is 11.5. The number of aromatic nitrogens is 1. The van der Waals surface area contributed by atoms with Gasteiger partial charge in [-0.1, -0.05) is 35.0 Å². The number of benzene rings is 1. The van der Waals surface area contributed by atoms with Gasteiger partial charge in [0.15, 0.2) is 0 Å². The molecule has 0 bridgehead atoms. The van der Waals surface area contributed by atoms with E-state index in [4.69, 9.17) is 0 Å². The highest BCUT2D eigenvalue weighted by atomic mass is 79.9. The van der Waals surface area contributed by atoms with Gasteiger partial charge in [-0.05, 0) is 36.5 Å². The standard InChI is InChI=1S/C12H15BrN2S/c1-8(7-13)9(2)14-12-10-5-3-4-6-11(10)15-16-12/h3-6,8-9,14H,7H2,1-2H3. The zero-order valence-corrected chi connectivity index (χ0v) is 11.8. The minimum atomic E-state index is 0.447. The van der Waals surface area contributed by atoms with Crippen LogP contribution >= 0.6 is 27.5 Å². The summed E-state index contributed by atoms with van der Waals surface area (Å²) < 4.78 is 4.42. The van der Waals surface area contributed by atoms with Crippen LogP contribution in [0, 0.1) is 5.92 Å². The van der Waals surface area contributed by atoms with E-state index in [2.05, 4.69) is 57.7 Å². The molecule has 0 saturated carbocycles. The number of rotatable bonds is 4. The number of hydrogen-bond donors (Lipinski definition) is 1. The van der Waals surface area contributed by atoms with Gasteiger partial charge in [0.05, 0.1) is 5.52 Å². The fraction of sp³-hybridized carbons (Fsp3) is 0.417. The molecule has 2 atom stereocenters. The maximum Gasteiger partial charge on any atom is 0.117 e. The van der Waals surface area contributed by atoms with Crippen LogP contribution < -0.4 is 5.32 Å². The minimum Gasteiger partial charge on any atom is -0.372 e. The molecule has 0 aliphatic heterocycles. The number of fused-ring (bicyclic) bond motifs is 1. The summed E-state index contributed by atoms with van der Waals surface area (Å²) in [5.41, 5.74) is 1.08. The third-order valence-electron chi connectivity index (χ3n) is 2.84. The highest BCUT2D eigenvalue weighted by molar-refractivity contribution is 9.09. The second-order valence-corrected chi connectivity index (χ2v) is 5.51. The Bertz CT molecular complexity index is 469. The van der Waals surface area contributed by atoms with E-state index in [9.17, 15) is 0 Å². The highest BCUT2D eigenvalue weighted by Gasteiger charge is 2.13. The molecular formula is C12H15BrN2S. The number of alkyl halides is 1. The Balaban J connectivity index is 2.21. The first-order valence-corrected chi connectivity index (χ1v) is 7.28. The van der Waals surface area contributed by atoms with E-state index in [-0.39, 0.29) is 0 Å². The van der Waals surface area contributed by atoms with Crippen molar-refractivity contribution in [2.75, 3.05) is 10.6 Å². The summed E-state index contributed by atoms with van der Waals surface area (Å²) in [4.78, 5) is 0. The predicted octanol–water partition coefficient (Wildman–Crippen LogP) is 4.13. The van der Waals surface area contributed by atoms with Gasteiger partial charge in [-0.25, -0.2) is 0 Å². The van der Waals surface area contributed by atoms with Crippen molar-refractivity contribution in [2.24, 2.45) is 5.92 Å². The van der Waals surface area contributed by atoms with Crippen molar-refractivity contribution in [1.82, 2.24) is 4.37 Å². The van der Waals surface area contributed by atoms with E-state index in [1.807, 2.05) is 6.07 Å². The van der Waals surface area contributed by atoms with Crippen LogP contribution in [0.3, 0.4) is 0 Å². The van der Waals surface area contributed by atoms with Crippen LogP contribution in [0.15, 0.2) is 24.3 Å². The summed E-state index contributed by atoms with van der Waals surface area (Å²) in [6.45, 7) is 4.44. The van der Waals surface area contributed by atoms with Crippen molar-refractivity contribution in [1.29, 1.82) is 0 Å². The number of halogens is 1. The lowest BCUT2D eigenvalue weighted by atomic mass is 10.1. The van der Waals surface area contributed by atoms with Crippen LogP contribution in [0.5, 0.6) is 0 Å². The van der Waals surface area contributed by atoms with Gasteiger partial charge in [-0.15, -0.1) is 0 Å². The molecule has 4 heteroatoms. The van der Waals surface area contributed by atoms with Crippen molar-refractivity contribution in [3.8, 4) is 0 Å². The van der Waals surface area contributed by atoms with Crippen LogP contribution in [0.4, 0.5) is 5.00 Å². The lowest BCUT2D eigenvalue weighted by Gasteiger charge is -2.19. The van der Waals surface area contributed by atoms with Gasteiger partial charge in [-0.3, -0.25) is 0 Å². The fourth-order valence-corrected chi connectivity index (χ4v) is 2.90. The quantitative estimate of drug-likeness (QED) is 0.859. The average molecular weight is 299 g/mol. The molecular weight excluding hydrogens is 284 g/mol. The van der Waals surface area contributed by atoms with E-state index in [1.165, 1.54) is 10.4 Å². The molecule has 2 unspecified atom stereocenters. The predicted molar refractivity (Wildman–Crippen MR) is 75.7 cm³/mol. The Morgan fingerprint density at radius 1 is 1.38 bits per heavy atom. The molecule has 16 heavy (non-hydrogen) atoms. The summed E-state index contributed by atoms with van der Waals surface area (Å²) in [5.74, 6) is 0.598. The molecule has 1 aromatic carbocycles. The van der Waals surface area contributed by atoms with Gasteiger partial charge in [0.1, 0.15) is 5.00 Å². The molecule has 0 radical (unpaired) electrons. The van der Waals surface area contributed by atoms with E-state index >= 15 is 0 Å². The molecule has 0 fully saturated rings. The molecule has 1 N–H and O–H groups in total. The van der Waals surface area contributed by atoms with Crippen LogP contribution in [0.2, 0.25) is 0 Å². The van der Waals surface area contributed by atoms with Crippen LogP contribution in [-0.4, -0.2) is 15.7 Å². The lowest BCUT2D eigenvalue weighted by molar-refractivity contribution is 0.574. The van der Waals surface area contributed by atoms with E-state index in [0.29, 0.717) is 12.0 Å². The number of nitrogens with one attached hydrogen (secondary N) is 1. The second-order valence-electron chi connectivity index (χ2n) is 4.09. The van der Waals surface area contributed by atoms with Crippen LogP contribution in [0.25, 0.3) is 10.9 Å². The van der Waals surface area contributed by atoms with Gasteiger partial charge in [-0.2, -0.15) is 4.37 Å². The summed E-state index contributed by atoms with van der Waals surface area (Å²) in [7, 11) is 0. The molecule has 0 amide bonds. The summed E-state index contributed by atoms with van der Waals surface area (Å²) in [6.07, 6.45) is 0. The third kappa shape index (κ3) is 2.38. The van der Waals surface area contributed by atoms with Crippen molar-refractivity contribution in [3.63, 3.8) is 0 Å². The smallest absolute Gasteiger partial charge is 0.117 e. The Hall–Kier alpha value is -0.610. The topological polar surface area (TPSA) is 24.9 Å². The highest BCUT2D eigenvalue weighted by Crippen LogP contribution is 2.28. The number of hydrogen-bond acceptors (Lipinski definition) is 3. The Kier molecular flexibility index (Phi) is 3.82. The van der Waals surface area contributed by atoms with Gasteiger partial charge in [0, 0.05) is 16.8 Å². The number of nitrogens with zero attached hydrogens (tertiary/aromatic N) is 1. The van der Waals surface area contributed by atoms with Crippen LogP contribution in [0.1, 0.15) is 13.8 Å². The average Bonchev–Trinajstić information content (AvgIpc) is 2.72. The van der Waals surface area contributed by atoms with Gasteiger partial charge >= 0.3 is 0 Å². The normalized spacial score (nSPS) is 14.9. The molecule has 86 valence electrons. The van der Waals surface area contributed by atoms with Gasteiger partial charge in [0.2, 0.25) is 0 Å². The maximum atomic E-state index is 4.42. The minimum absolute atomic E-state index is 0.447. The summed E-state index contributed by atoms with van der Waals surface area (Å²) in [5, 5.41) is 6.95. The molecule has 2 nitrogen and oxygen atoms in total. The third-order valence-corrected chi connectivity index (χ3v) is 4.67. The molecule has 0 aliphatic rings. The first-order chi connectivity index (χ1) is 7.72.